The Balaban J connectivity index is 1.24. The number of methoxy groups -OCH3 is 1. The number of primary amides is 1. The van der Waals surface area contributed by atoms with Crippen LogP contribution in [0.3, 0.4) is 0 Å². The number of nitrogens with zero attached hydrogens (tertiary/aromatic N) is 8. The minimum atomic E-state index is -0.647. The van der Waals surface area contributed by atoms with Crippen LogP contribution in [0.15, 0.2) is 43.1 Å². The predicted octanol–water partition coefficient (Wildman–Crippen LogP) is 3.07. The van der Waals surface area contributed by atoms with E-state index in [1.54, 1.807) is 30.3 Å². The molecule has 6 rings (SSSR count). The number of carbonyl (C=O) groups excluding carboxylic acids is 2. The second-order valence-corrected chi connectivity index (χ2v) is 11.1. The summed E-state index contributed by atoms with van der Waals surface area (Å²) >= 11 is 6.34. The van der Waals surface area contributed by atoms with Crippen molar-refractivity contribution in [2.75, 3.05) is 37.4 Å². The molecule has 17 heteroatoms. The summed E-state index contributed by atoms with van der Waals surface area (Å²) in [5.74, 6) is 1.90. The molecular formula is C29H34ClN13O3. The third kappa shape index (κ3) is 6.43. The number of carbonyl (C=O) groups is 2. The molecule has 240 valence electrons. The number of nitrogens with two attached hydrogens (primary N) is 1. The average molecular weight is 648 g/mol. The van der Waals surface area contributed by atoms with Gasteiger partial charge in [-0.15, -0.1) is 10.2 Å². The maximum Gasteiger partial charge on any atom is 0.320 e. The maximum absolute atomic E-state index is 12.7. The molecule has 0 radical (unpaired) electrons. The van der Waals surface area contributed by atoms with Gasteiger partial charge in [-0.1, -0.05) is 17.7 Å². The van der Waals surface area contributed by atoms with Crippen molar-refractivity contribution in [1.82, 2.24) is 50.0 Å². The molecule has 1 aromatic carbocycles. The first-order chi connectivity index (χ1) is 22.3. The van der Waals surface area contributed by atoms with E-state index >= 15 is 0 Å². The van der Waals surface area contributed by atoms with E-state index in [0.29, 0.717) is 52.3 Å². The molecule has 1 unspecified atom stereocenters. The van der Waals surface area contributed by atoms with Crippen molar-refractivity contribution in [2.24, 2.45) is 5.73 Å². The second kappa shape index (κ2) is 13.4. The van der Waals surface area contributed by atoms with Gasteiger partial charge in [0.1, 0.15) is 18.2 Å². The number of fused-ring (bicyclic) bond motifs is 3. The summed E-state index contributed by atoms with van der Waals surface area (Å²) in [7, 11) is 1.57. The molecule has 0 bridgehead atoms. The van der Waals surface area contributed by atoms with Crippen molar-refractivity contribution in [3.05, 3.63) is 53.7 Å². The standard InChI is InChI=1S/C29H34ClN13O3/c1-3-43-26-19(13-36-43)24-18(12-33-26)27(40-39-25(24)32-11-17-6-7-21(46-2)20(30)10-17)42-15-22(35-16-42)37-29(45)34-14-23(38-28(31)44)41-8-4-5-9-41/h6-7,10,12-13,15-16,23H,3-5,8-9,11,14H2,1-2H3,(H,32,39)(H3,31,38,44)(H2,34,37,45). The van der Waals surface area contributed by atoms with Gasteiger partial charge < -0.3 is 26.4 Å². The van der Waals surface area contributed by atoms with Crippen molar-refractivity contribution < 1.29 is 14.3 Å². The number of imidazole rings is 1. The highest BCUT2D eigenvalue weighted by molar-refractivity contribution is 6.32. The topological polar surface area (TPSA) is 195 Å². The van der Waals surface area contributed by atoms with Gasteiger partial charge in [0.25, 0.3) is 0 Å². The lowest BCUT2D eigenvalue weighted by Gasteiger charge is -2.27. The predicted molar refractivity (Wildman–Crippen MR) is 173 cm³/mol. The molecule has 1 aliphatic heterocycles. The Hall–Kier alpha value is -5.22. The minimum Gasteiger partial charge on any atom is -0.495 e. The van der Waals surface area contributed by atoms with Crippen LogP contribution < -0.4 is 31.7 Å². The molecule has 16 nitrogen and oxygen atoms in total. The van der Waals surface area contributed by atoms with Gasteiger partial charge in [0, 0.05) is 43.1 Å². The highest BCUT2D eigenvalue weighted by Gasteiger charge is 2.24. The van der Waals surface area contributed by atoms with Crippen molar-refractivity contribution in [1.29, 1.82) is 0 Å². The summed E-state index contributed by atoms with van der Waals surface area (Å²) in [6, 6.07) is 4.44. The van der Waals surface area contributed by atoms with E-state index in [2.05, 4.69) is 51.4 Å². The summed E-state index contributed by atoms with van der Waals surface area (Å²) in [5.41, 5.74) is 6.99. The zero-order chi connectivity index (χ0) is 32.2. The third-order valence-corrected chi connectivity index (χ3v) is 8.07. The van der Waals surface area contributed by atoms with E-state index in [4.69, 9.17) is 22.1 Å². The molecular weight excluding hydrogens is 614 g/mol. The molecule has 46 heavy (non-hydrogen) atoms. The number of amides is 4. The van der Waals surface area contributed by atoms with Gasteiger partial charge >= 0.3 is 12.1 Å². The van der Waals surface area contributed by atoms with Gasteiger partial charge in [0.2, 0.25) is 0 Å². The summed E-state index contributed by atoms with van der Waals surface area (Å²) in [5, 5.41) is 27.9. The molecule has 0 aliphatic carbocycles. The second-order valence-electron chi connectivity index (χ2n) is 10.7. The molecule has 4 amide bonds. The number of pyridine rings is 1. The van der Waals surface area contributed by atoms with Crippen molar-refractivity contribution in [2.45, 2.75) is 39.0 Å². The van der Waals surface area contributed by atoms with Crippen molar-refractivity contribution >= 4 is 57.1 Å². The van der Waals surface area contributed by atoms with Crippen LogP contribution in [0.5, 0.6) is 5.75 Å². The molecule has 1 fully saturated rings. The number of hydrogen-bond donors (Lipinski definition) is 5. The fraction of sp³-hybridized carbons (Fsp3) is 0.345. The smallest absolute Gasteiger partial charge is 0.320 e. The molecule has 1 saturated heterocycles. The zero-order valence-corrected chi connectivity index (χ0v) is 26.1. The number of likely N-dealkylation sites (tertiary alicyclic amines) is 1. The van der Waals surface area contributed by atoms with E-state index in [1.807, 2.05) is 29.8 Å². The van der Waals surface area contributed by atoms with Gasteiger partial charge in [-0.3, -0.25) is 14.8 Å². The van der Waals surface area contributed by atoms with Crippen LogP contribution in [-0.2, 0) is 13.1 Å². The van der Waals surface area contributed by atoms with Crippen LogP contribution in [0.25, 0.3) is 27.6 Å². The largest absolute Gasteiger partial charge is 0.495 e. The highest BCUT2D eigenvalue weighted by atomic mass is 35.5. The van der Waals surface area contributed by atoms with Crippen LogP contribution >= 0.6 is 11.6 Å². The van der Waals surface area contributed by atoms with Gasteiger partial charge in [-0.25, -0.2) is 24.2 Å². The zero-order valence-electron chi connectivity index (χ0n) is 25.3. The van der Waals surface area contributed by atoms with E-state index in [0.717, 1.165) is 42.3 Å². The molecule has 5 aromatic rings. The summed E-state index contributed by atoms with van der Waals surface area (Å²) in [6.45, 7) is 4.89. The molecule has 1 atom stereocenters. The molecule has 1 aliphatic rings. The van der Waals surface area contributed by atoms with E-state index in [9.17, 15) is 9.59 Å². The summed E-state index contributed by atoms with van der Waals surface area (Å²) < 4.78 is 8.74. The number of rotatable bonds is 11. The van der Waals surface area contributed by atoms with Crippen LogP contribution in [0, 0.1) is 0 Å². The van der Waals surface area contributed by atoms with Gasteiger partial charge in [-0.05, 0) is 37.5 Å². The van der Waals surface area contributed by atoms with Crippen LogP contribution in [-0.4, -0.2) is 84.4 Å². The number of benzene rings is 1. The number of urea groups is 2. The van der Waals surface area contributed by atoms with E-state index < -0.39 is 18.2 Å². The number of ether oxygens (including phenoxy) is 1. The average Bonchev–Trinajstić information content (AvgIpc) is 3.83. The van der Waals surface area contributed by atoms with Crippen LogP contribution in [0.2, 0.25) is 5.02 Å². The Morgan fingerprint density at radius 1 is 1.13 bits per heavy atom. The Kier molecular flexibility index (Phi) is 8.98. The monoisotopic (exact) mass is 647 g/mol. The Labute approximate surface area is 268 Å². The lowest BCUT2D eigenvalue weighted by atomic mass is 10.1. The summed E-state index contributed by atoms with van der Waals surface area (Å²) in [6.07, 6.45) is 8.31. The lowest BCUT2D eigenvalue weighted by Crippen LogP contribution is -2.54. The van der Waals surface area contributed by atoms with Crippen LogP contribution in [0.4, 0.5) is 21.2 Å². The maximum atomic E-state index is 12.7. The Morgan fingerprint density at radius 3 is 2.70 bits per heavy atom. The van der Waals surface area contributed by atoms with Crippen molar-refractivity contribution in [3.8, 4) is 11.6 Å². The van der Waals surface area contributed by atoms with Gasteiger partial charge in [0.15, 0.2) is 23.1 Å². The quantitative estimate of drug-likeness (QED) is 0.142. The Bertz CT molecular complexity index is 1890. The van der Waals surface area contributed by atoms with Gasteiger partial charge in [0.05, 0.1) is 36.5 Å². The first-order valence-electron chi connectivity index (χ1n) is 14.8. The lowest BCUT2D eigenvalue weighted by molar-refractivity contribution is 0.191. The van der Waals surface area contributed by atoms with E-state index in [1.165, 1.54) is 6.33 Å². The Morgan fingerprint density at radius 2 is 1.96 bits per heavy atom. The third-order valence-electron chi connectivity index (χ3n) is 7.78. The molecule has 6 N–H and O–H groups in total. The number of aryl methyl sites for hydroxylation is 1. The molecule has 0 saturated carbocycles. The number of hydrogen-bond acceptors (Lipinski definition) is 10. The van der Waals surface area contributed by atoms with Gasteiger partial charge in [-0.2, -0.15) is 5.10 Å². The summed E-state index contributed by atoms with van der Waals surface area (Å²) in [4.78, 5) is 35.3. The first kappa shape index (κ1) is 30.8. The number of nitrogens with one attached hydrogen (secondary N) is 4. The number of anilines is 2. The normalized spacial score (nSPS) is 14.0. The van der Waals surface area contributed by atoms with E-state index in [-0.39, 0.29) is 6.54 Å². The minimum absolute atomic E-state index is 0.176. The number of aromatic nitrogens is 7. The molecule has 4 aromatic heterocycles. The van der Waals surface area contributed by atoms with Crippen LogP contribution in [0.1, 0.15) is 25.3 Å². The van der Waals surface area contributed by atoms with Crippen molar-refractivity contribution in [3.63, 3.8) is 0 Å². The fourth-order valence-electron chi connectivity index (χ4n) is 5.55. The fourth-order valence-corrected chi connectivity index (χ4v) is 5.83. The molecule has 5 heterocycles. The highest BCUT2D eigenvalue weighted by Crippen LogP contribution is 2.32. The number of halogens is 1. The first-order valence-corrected chi connectivity index (χ1v) is 15.2. The molecule has 0 spiro atoms. The SMILES string of the molecule is CCn1ncc2c3c(NCc4ccc(OC)c(Cl)c4)nnc(-n4cnc(NC(=O)NCC(NC(N)=O)N5CCCC5)c4)c3cnc21.